The van der Waals surface area contributed by atoms with Gasteiger partial charge >= 0.3 is 0 Å². The number of nitrogens with two attached hydrogens (primary N) is 2. The average Bonchev–Trinajstić information content (AvgIpc) is 1.89. The summed E-state index contributed by atoms with van der Waals surface area (Å²) in [4.78, 5) is 0. The van der Waals surface area contributed by atoms with Crippen molar-refractivity contribution in [2.75, 3.05) is 19.8 Å². The highest BCUT2D eigenvalue weighted by Crippen LogP contribution is 1.89. The van der Waals surface area contributed by atoms with Crippen LogP contribution in [0.5, 0.6) is 0 Å². The van der Waals surface area contributed by atoms with Crippen LogP contribution in [0.25, 0.3) is 0 Å². The molecule has 0 spiro atoms. The molecule has 0 aliphatic carbocycles. The lowest BCUT2D eigenvalue weighted by Gasteiger charge is -1.98. The molecule has 0 aliphatic rings. The molecular formula is C6H17N3. The molecule has 0 aromatic heterocycles. The van der Waals surface area contributed by atoms with Gasteiger partial charge in [-0.2, -0.15) is 0 Å². The first-order valence-corrected chi connectivity index (χ1v) is 3.52. The van der Waals surface area contributed by atoms with E-state index in [9.17, 15) is 0 Å². The molecule has 3 heteroatoms. The molecule has 0 bridgehead atoms. The lowest BCUT2D eigenvalue weighted by Crippen LogP contribution is -2.23. The first-order valence-electron chi connectivity index (χ1n) is 3.52. The third kappa shape index (κ3) is 7.88. The molecule has 0 rings (SSSR count). The second-order valence-corrected chi connectivity index (χ2v) is 2.05. The van der Waals surface area contributed by atoms with Crippen molar-refractivity contribution in [2.45, 2.75) is 19.3 Å². The summed E-state index contributed by atoms with van der Waals surface area (Å²) in [6.45, 7) is 2.42. The fraction of sp³-hybridized carbons (Fsp3) is 1.00. The first-order chi connectivity index (χ1) is 4.41. The van der Waals surface area contributed by atoms with Crippen LogP contribution in [-0.2, 0) is 0 Å². The van der Waals surface area contributed by atoms with Gasteiger partial charge in [0.2, 0.25) is 0 Å². The van der Waals surface area contributed by atoms with E-state index in [2.05, 4.69) is 5.32 Å². The van der Waals surface area contributed by atoms with Crippen LogP contribution in [0, 0.1) is 0 Å². The summed E-state index contributed by atoms with van der Waals surface area (Å²) in [5.74, 6) is 0. The maximum absolute atomic E-state index is 5.30. The van der Waals surface area contributed by atoms with Gasteiger partial charge in [-0.25, -0.2) is 0 Å². The van der Waals surface area contributed by atoms with Crippen LogP contribution >= 0.6 is 0 Å². The second kappa shape index (κ2) is 7.88. The van der Waals surface area contributed by atoms with Gasteiger partial charge in [-0.05, 0) is 25.9 Å². The van der Waals surface area contributed by atoms with Crippen LogP contribution < -0.4 is 16.8 Å². The van der Waals surface area contributed by atoms with Crippen LogP contribution in [0.3, 0.4) is 0 Å². The van der Waals surface area contributed by atoms with Crippen molar-refractivity contribution >= 4 is 0 Å². The zero-order chi connectivity index (χ0) is 6.95. The SMILES string of the molecule is NCCCCCNCN. The van der Waals surface area contributed by atoms with Crippen LogP contribution in [0.15, 0.2) is 0 Å². The molecule has 5 N–H and O–H groups in total. The fourth-order valence-corrected chi connectivity index (χ4v) is 0.673. The van der Waals surface area contributed by atoms with E-state index >= 15 is 0 Å². The summed E-state index contributed by atoms with van der Waals surface area (Å²) in [7, 11) is 0. The van der Waals surface area contributed by atoms with E-state index in [1.807, 2.05) is 0 Å². The maximum atomic E-state index is 5.30. The topological polar surface area (TPSA) is 64.1 Å². The Morgan fingerprint density at radius 2 is 1.78 bits per heavy atom. The highest BCUT2D eigenvalue weighted by atomic mass is 14.9. The van der Waals surface area contributed by atoms with E-state index in [0.29, 0.717) is 6.67 Å². The minimum Gasteiger partial charge on any atom is -0.330 e. The largest absolute Gasteiger partial charge is 0.330 e. The van der Waals surface area contributed by atoms with Gasteiger partial charge in [-0.15, -0.1) is 0 Å². The average molecular weight is 131 g/mol. The number of hydrogen-bond acceptors (Lipinski definition) is 3. The minimum atomic E-state index is 0.586. The monoisotopic (exact) mass is 131 g/mol. The van der Waals surface area contributed by atoms with Crippen molar-refractivity contribution in [1.82, 2.24) is 5.32 Å². The zero-order valence-electron chi connectivity index (χ0n) is 5.90. The molecule has 0 fully saturated rings. The van der Waals surface area contributed by atoms with Crippen molar-refractivity contribution in [3.63, 3.8) is 0 Å². The second-order valence-electron chi connectivity index (χ2n) is 2.05. The summed E-state index contributed by atoms with van der Waals surface area (Å²) < 4.78 is 0. The Labute approximate surface area is 56.8 Å². The molecule has 0 saturated heterocycles. The smallest absolute Gasteiger partial charge is 0.0428 e. The van der Waals surface area contributed by atoms with Gasteiger partial charge in [-0.1, -0.05) is 6.42 Å². The molecule has 56 valence electrons. The minimum absolute atomic E-state index is 0.586. The Morgan fingerprint density at radius 3 is 2.33 bits per heavy atom. The summed E-state index contributed by atoms with van der Waals surface area (Å²) in [6, 6.07) is 0. The summed E-state index contributed by atoms with van der Waals surface area (Å²) >= 11 is 0. The van der Waals surface area contributed by atoms with Crippen LogP contribution in [0.1, 0.15) is 19.3 Å². The van der Waals surface area contributed by atoms with E-state index in [-0.39, 0.29) is 0 Å². The molecule has 0 radical (unpaired) electrons. The fourth-order valence-electron chi connectivity index (χ4n) is 0.673. The highest BCUT2D eigenvalue weighted by molar-refractivity contribution is 4.45. The normalized spacial score (nSPS) is 10.0. The van der Waals surface area contributed by atoms with Gasteiger partial charge < -0.3 is 16.8 Å². The molecule has 0 aromatic carbocycles. The molecule has 0 amide bonds. The maximum Gasteiger partial charge on any atom is 0.0428 e. The predicted molar refractivity (Wildman–Crippen MR) is 40.0 cm³/mol. The molecule has 0 unspecified atom stereocenters. The molecule has 0 aliphatic heterocycles. The molecule has 0 aromatic rings. The van der Waals surface area contributed by atoms with E-state index in [1.165, 1.54) is 12.8 Å². The number of nitrogens with one attached hydrogen (secondary N) is 1. The first kappa shape index (κ1) is 8.88. The third-order valence-electron chi connectivity index (χ3n) is 1.20. The number of hydrogen-bond donors (Lipinski definition) is 3. The molecule has 0 atom stereocenters. The molecule has 0 saturated carbocycles. The van der Waals surface area contributed by atoms with Gasteiger partial charge in [0.15, 0.2) is 0 Å². The van der Waals surface area contributed by atoms with Gasteiger partial charge in [0.1, 0.15) is 0 Å². The van der Waals surface area contributed by atoms with Crippen LogP contribution in [-0.4, -0.2) is 19.8 Å². The third-order valence-corrected chi connectivity index (χ3v) is 1.20. The molecule has 0 heterocycles. The van der Waals surface area contributed by atoms with Gasteiger partial charge in [0.25, 0.3) is 0 Å². The Kier molecular flexibility index (Phi) is 7.77. The summed E-state index contributed by atoms with van der Waals surface area (Å²) in [5, 5.41) is 3.04. The van der Waals surface area contributed by atoms with Crippen molar-refractivity contribution in [1.29, 1.82) is 0 Å². The van der Waals surface area contributed by atoms with Crippen LogP contribution in [0.2, 0.25) is 0 Å². The molecule has 3 nitrogen and oxygen atoms in total. The quantitative estimate of drug-likeness (QED) is 0.340. The van der Waals surface area contributed by atoms with E-state index < -0.39 is 0 Å². The predicted octanol–water partition coefficient (Wildman–Crippen LogP) is -0.379. The Balaban J connectivity index is 2.60. The number of unbranched alkanes of at least 4 members (excludes halogenated alkanes) is 2. The Morgan fingerprint density at radius 1 is 1.00 bits per heavy atom. The molecular weight excluding hydrogens is 114 g/mol. The van der Waals surface area contributed by atoms with Crippen molar-refractivity contribution < 1.29 is 0 Å². The van der Waals surface area contributed by atoms with Crippen LogP contribution in [0.4, 0.5) is 0 Å². The van der Waals surface area contributed by atoms with Crippen molar-refractivity contribution in [2.24, 2.45) is 11.5 Å². The standard InChI is InChI=1S/C6H17N3/c7-4-2-1-3-5-9-6-8/h9H,1-8H2. The van der Waals surface area contributed by atoms with Crippen molar-refractivity contribution in [3.8, 4) is 0 Å². The Hall–Kier alpha value is -0.120. The van der Waals surface area contributed by atoms with Crippen molar-refractivity contribution in [3.05, 3.63) is 0 Å². The lowest BCUT2D eigenvalue weighted by atomic mass is 10.2. The van der Waals surface area contributed by atoms with Gasteiger partial charge in [-0.3, -0.25) is 0 Å². The van der Waals surface area contributed by atoms with E-state index in [4.69, 9.17) is 11.5 Å². The molecule has 9 heavy (non-hydrogen) atoms. The summed E-state index contributed by atoms with van der Waals surface area (Å²) in [5.41, 5.74) is 10.5. The Bertz CT molecular complexity index is 41.6. The van der Waals surface area contributed by atoms with E-state index in [1.54, 1.807) is 0 Å². The van der Waals surface area contributed by atoms with Gasteiger partial charge in [0, 0.05) is 6.67 Å². The lowest BCUT2D eigenvalue weighted by molar-refractivity contribution is 0.614. The zero-order valence-corrected chi connectivity index (χ0v) is 5.90. The van der Waals surface area contributed by atoms with Gasteiger partial charge in [0.05, 0.1) is 0 Å². The number of rotatable bonds is 6. The van der Waals surface area contributed by atoms with E-state index in [0.717, 1.165) is 19.5 Å². The highest BCUT2D eigenvalue weighted by Gasteiger charge is 1.84. The summed E-state index contributed by atoms with van der Waals surface area (Å²) in [6.07, 6.45) is 3.53.